The van der Waals surface area contributed by atoms with Gasteiger partial charge in [0.1, 0.15) is 54.4 Å². The topological polar surface area (TPSA) is 449 Å². The van der Waals surface area contributed by atoms with E-state index in [0.717, 1.165) is 22.6 Å². The minimum absolute atomic E-state index is 0.0153. The molecule has 1 saturated heterocycles. The zero-order valence-electron chi connectivity index (χ0n) is 63.3. The van der Waals surface area contributed by atoms with E-state index in [9.17, 15) is 62.6 Å². The van der Waals surface area contributed by atoms with Crippen molar-refractivity contribution in [2.75, 3.05) is 37.4 Å². The molecular formula is C79H99ClN16O15. The second kappa shape index (κ2) is 42.3. The van der Waals surface area contributed by atoms with Gasteiger partial charge in [-0.1, -0.05) is 110 Å². The fourth-order valence-corrected chi connectivity index (χ4v) is 12.5. The quantitative estimate of drug-likeness (QED) is 0.0193. The number of carbonyl (C=O) groups excluding carboxylic acids is 14. The van der Waals surface area contributed by atoms with Crippen molar-refractivity contribution in [3.63, 3.8) is 0 Å². The van der Waals surface area contributed by atoms with E-state index in [4.69, 9.17) is 17.3 Å². The number of aromatic nitrogens is 1. The molecule has 6 aromatic rings. The smallest absolute Gasteiger partial charge is 0.264 e. The summed E-state index contributed by atoms with van der Waals surface area (Å²) < 4.78 is 0. The molecule has 0 aliphatic carbocycles. The number of anilines is 2. The first kappa shape index (κ1) is 86.5. The summed E-state index contributed by atoms with van der Waals surface area (Å²) in [5, 5.41) is 45.7. The van der Waals surface area contributed by atoms with Gasteiger partial charge in [0.05, 0.1) is 6.61 Å². The maximum atomic E-state index is 15.3. The number of hydrogen-bond donors (Lipinski definition) is 14. The molecule has 0 spiro atoms. The molecule has 14 amide bonds. The highest BCUT2D eigenvalue weighted by molar-refractivity contribution is 6.30. The highest BCUT2D eigenvalue weighted by Crippen LogP contribution is 2.23. The number of halogens is 1. The number of pyridine rings is 1. The summed E-state index contributed by atoms with van der Waals surface area (Å²) in [7, 11) is 1.21. The van der Waals surface area contributed by atoms with Gasteiger partial charge in [-0.2, -0.15) is 0 Å². The number of fused-ring (bicyclic) bond motifs is 1. The van der Waals surface area contributed by atoms with Crippen LogP contribution in [-0.2, 0) is 99.2 Å². The van der Waals surface area contributed by atoms with E-state index in [1.165, 1.54) is 88.4 Å². The first-order chi connectivity index (χ1) is 52.8. The van der Waals surface area contributed by atoms with Crippen LogP contribution in [0.3, 0.4) is 0 Å². The highest BCUT2D eigenvalue weighted by Gasteiger charge is 2.41. The number of aliphatic hydroxyl groups excluding tert-OH is 1. The monoisotopic (exact) mass is 1550 g/mol. The maximum Gasteiger partial charge on any atom is 0.264 e. The molecule has 32 heteroatoms. The highest BCUT2D eigenvalue weighted by atomic mass is 35.5. The number of amides is 14. The summed E-state index contributed by atoms with van der Waals surface area (Å²) in [5.41, 5.74) is 8.54. The molecule has 15 N–H and O–H groups in total. The van der Waals surface area contributed by atoms with E-state index in [1.54, 1.807) is 48.5 Å². The van der Waals surface area contributed by atoms with E-state index in [-0.39, 0.29) is 57.5 Å². The second-order valence-corrected chi connectivity index (χ2v) is 28.2. The van der Waals surface area contributed by atoms with Gasteiger partial charge in [-0.15, -0.1) is 0 Å². The van der Waals surface area contributed by atoms with Crippen molar-refractivity contribution in [3.8, 4) is 0 Å². The van der Waals surface area contributed by atoms with E-state index < -0.39 is 150 Å². The molecular weight excluding hydrogens is 1450 g/mol. The minimum Gasteiger partial charge on any atom is -0.394 e. The Kier molecular flexibility index (Phi) is 33.0. The fourth-order valence-electron chi connectivity index (χ4n) is 12.4. The third-order valence-corrected chi connectivity index (χ3v) is 18.6. The summed E-state index contributed by atoms with van der Waals surface area (Å²) >= 11 is 6.26. The zero-order chi connectivity index (χ0) is 81.0. The Morgan fingerprint density at radius 2 is 0.973 bits per heavy atom. The Labute approximate surface area is 648 Å². The summed E-state index contributed by atoms with van der Waals surface area (Å²) in [6.07, 6.45) is 1.39. The summed E-state index contributed by atoms with van der Waals surface area (Å²) in [6.45, 7) is 9.80. The first-order valence-corrected chi connectivity index (χ1v) is 36.9. The van der Waals surface area contributed by atoms with Crippen LogP contribution in [0.4, 0.5) is 11.4 Å². The summed E-state index contributed by atoms with van der Waals surface area (Å²) in [6, 6.07) is 22.2. The van der Waals surface area contributed by atoms with E-state index >= 15 is 9.59 Å². The molecule has 1 aliphatic heterocycles. The van der Waals surface area contributed by atoms with Crippen LogP contribution in [0.2, 0.25) is 5.02 Å². The van der Waals surface area contributed by atoms with Crippen LogP contribution >= 0.6 is 11.6 Å². The lowest BCUT2D eigenvalue weighted by molar-refractivity contribution is -0.145. The van der Waals surface area contributed by atoms with Gasteiger partial charge in [0.15, 0.2) is 6.17 Å². The molecule has 31 nitrogen and oxygen atoms in total. The van der Waals surface area contributed by atoms with Crippen molar-refractivity contribution in [1.29, 1.82) is 0 Å². The predicted molar refractivity (Wildman–Crippen MR) is 415 cm³/mol. The van der Waals surface area contributed by atoms with Crippen molar-refractivity contribution in [3.05, 3.63) is 173 Å². The van der Waals surface area contributed by atoms with Crippen LogP contribution in [0.15, 0.2) is 140 Å². The van der Waals surface area contributed by atoms with Crippen molar-refractivity contribution in [2.24, 2.45) is 5.73 Å². The van der Waals surface area contributed by atoms with Gasteiger partial charge < -0.3 is 84.4 Å². The van der Waals surface area contributed by atoms with Crippen molar-refractivity contribution >= 4 is 116 Å². The van der Waals surface area contributed by atoms with Gasteiger partial charge in [0.25, 0.3) is 5.91 Å². The van der Waals surface area contributed by atoms with Crippen LogP contribution in [0, 0.1) is 0 Å². The van der Waals surface area contributed by atoms with Crippen LogP contribution in [-0.4, -0.2) is 196 Å². The van der Waals surface area contributed by atoms with Crippen molar-refractivity contribution in [1.82, 2.24) is 68.0 Å². The number of primary amides is 1. The van der Waals surface area contributed by atoms with Crippen LogP contribution in [0.1, 0.15) is 108 Å². The Morgan fingerprint density at radius 1 is 0.514 bits per heavy atom. The number of unbranched alkanes of at least 4 members (excludes halogenated alkanes) is 1. The first-order valence-electron chi connectivity index (χ1n) is 36.6. The van der Waals surface area contributed by atoms with Crippen LogP contribution in [0.5, 0.6) is 0 Å². The number of likely N-dealkylation sites (N-methyl/N-ethyl adjacent to an activating group) is 1. The average Bonchev–Trinajstić information content (AvgIpc) is 1.79. The van der Waals surface area contributed by atoms with E-state index in [2.05, 4.69) is 68.8 Å². The third-order valence-electron chi connectivity index (χ3n) is 18.4. The number of nitrogens with one attached hydrogen (secondary N) is 12. The third kappa shape index (κ3) is 27.4. The van der Waals surface area contributed by atoms with Gasteiger partial charge in [0.2, 0.25) is 76.8 Å². The van der Waals surface area contributed by atoms with Crippen LogP contribution < -0.4 is 69.5 Å². The Balaban J connectivity index is 1.19. The van der Waals surface area contributed by atoms with Gasteiger partial charge in [-0.3, -0.25) is 72.1 Å². The van der Waals surface area contributed by atoms with Crippen molar-refractivity contribution < 1.29 is 72.2 Å². The molecule has 7 rings (SSSR count). The zero-order valence-corrected chi connectivity index (χ0v) is 64.0. The van der Waals surface area contributed by atoms with Gasteiger partial charge in [-0.25, -0.2) is 0 Å². The standard InChI is InChI=1S/C79H99ClN16O15/c1-45(2)83-35-12-11-18-61(79(111)96-36-14-19-68(96)77(109)84-46(3)69(81)102)88-78(110)70(95(8)50(7)101)94-75(107)65(40-53-25-32-60(33-26-53)86-48(5)99)90-73(105)64(39-52-23-30-59(31-24-52)85-47(4)98)92-76(108)67(44-97)93-74(106)66(42-55-15-13-34-82-43-55)91-72(104)63(38-51-21-28-58(80)29-22-51)89-71(103)62(87-49(6)100)41-54-20-27-56-16-9-10-17-57(56)37-54/h9-10,13,15-17,20-34,37,43,45-46,61-68,70,83,97H,11-12,14,18-19,35-36,38-42,44H2,1-8H3,(H2,81,102)(H,84,109)(H,85,98)(H,86,99)(H,87,100)(H,88,110)(H,89,103)(H,90,105)(H,91,104)(H,92,108)(H,93,106)(H,94,107)/t46-,61+,62-,63-,64+,65-,66-,67+,68-,70+/m1/s1. The SMILES string of the molecule is CC(=O)Nc1ccc(C[C@H](NC(=O)[C@H](CO)NC(=O)[C@@H](Cc2cccnc2)NC(=O)[C@@H](Cc2ccc(Cl)cc2)NC(=O)[C@@H](Cc2ccc3ccccc3c2)NC(C)=O)C(=O)N[C@H](Cc2ccc(NC(C)=O)cc2)C(=O)N[C@H](C(=O)N[C@@H](CCCCNC(C)C)C(=O)N2CCC[C@@H]2C(=O)N[C@H](C)C(N)=O)N(C)C(C)=O)cc1. The van der Waals surface area contributed by atoms with Gasteiger partial charge in [0, 0.05) is 108 Å². The predicted octanol–water partition coefficient (Wildman–Crippen LogP) is 1.79. The number of benzene rings is 5. The molecule has 0 unspecified atom stereocenters. The minimum atomic E-state index is -1.90. The Bertz CT molecular complexity index is 4290. The maximum absolute atomic E-state index is 15.3. The van der Waals surface area contributed by atoms with Crippen LogP contribution in [0.25, 0.3) is 10.8 Å². The molecule has 0 bridgehead atoms. The number of aliphatic hydroxyl groups is 1. The molecule has 1 aliphatic rings. The summed E-state index contributed by atoms with van der Waals surface area (Å²) in [5.74, 6) is -11.2. The molecule has 10 atom stereocenters. The average molecular weight is 1550 g/mol. The number of carbonyl (C=O) groups is 14. The van der Waals surface area contributed by atoms with Crippen molar-refractivity contribution in [2.45, 2.75) is 179 Å². The summed E-state index contributed by atoms with van der Waals surface area (Å²) in [4.78, 5) is 201. The van der Waals surface area contributed by atoms with E-state index in [0.29, 0.717) is 70.0 Å². The Morgan fingerprint density at radius 3 is 1.45 bits per heavy atom. The number of nitrogens with zero attached hydrogens (tertiary/aromatic N) is 3. The van der Waals surface area contributed by atoms with E-state index in [1.807, 2.05) is 56.3 Å². The molecule has 1 fully saturated rings. The lowest BCUT2D eigenvalue weighted by Gasteiger charge is -2.33. The molecule has 5 aromatic carbocycles. The fraction of sp³-hybridized carbons (Fsp3) is 0.405. The number of nitrogens with two attached hydrogens (primary N) is 1. The van der Waals surface area contributed by atoms with Gasteiger partial charge in [-0.05, 0) is 127 Å². The van der Waals surface area contributed by atoms with Gasteiger partial charge >= 0.3 is 0 Å². The lowest BCUT2D eigenvalue weighted by Crippen LogP contribution is -2.64. The molecule has 0 radical (unpaired) electrons. The number of rotatable bonds is 39. The molecule has 592 valence electrons. The lowest BCUT2D eigenvalue weighted by atomic mass is 9.99. The molecule has 111 heavy (non-hydrogen) atoms. The normalized spacial score (nSPS) is 14.9. The largest absolute Gasteiger partial charge is 0.394 e. The number of likely N-dealkylation sites (tertiary alicyclic amines) is 1. The molecule has 2 heterocycles. The molecule has 1 aromatic heterocycles. The Hall–Kier alpha value is -11.7. The second-order valence-electron chi connectivity index (χ2n) is 27.7. The molecule has 0 saturated carbocycles. The number of hydrogen-bond acceptors (Lipinski definition) is 17.